The lowest BCUT2D eigenvalue weighted by Crippen LogP contribution is -2.48. The van der Waals surface area contributed by atoms with Gasteiger partial charge in [0, 0.05) is 31.0 Å². The van der Waals surface area contributed by atoms with E-state index >= 15 is 0 Å². The van der Waals surface area contributed by atoms with E-state index in [9.17, 15) is 4.79 Å². The Kier molecular flexibility index (Phi) is 5.21. The number of hydrogen-bond acceptors (Lipinski definition) is 7. The third-order valence-corrected chi connectivity index (χ3v) is 4.96. The zero-order valence-electron chi connectivity index (χ0n) is 14.6. The highest BCUT2D eigenvalue weighted by Crippen LogP contribution is 2.19. The molecule has 2 aromatic rings. The van der Waals surface area contributed by atoms with E-state index in [1.165, 1.54) is 0 Å². The van der Waals surface area contributed by atoms with Crippen molar-refractivity contribution in [3.63, 3.8) is 0 Å². The van der Waals surface area contributed by atoms with Crippen LogP contribution in [-0.2, 0) is 16.1 Å². The van der Waals surface area contributed by atoms with Gasteiger partial charge in [-0.1, -0.05) is 5.16 Å². The minimum absolute atomic E-state index is 0.0115. The summed E-state index contributed by atoms with van der Waals surface area (Å²) in [5.41, 5.74) is 0.863. The van der Waals surface area contributed by atoms with Gasteiger partial charge in [0.15, 0.2) is 0 Å². The summed E-state index contributed by atoms with van der Waals surface area (Å²) in [6, 6.07) is 3.68. The van der Waals surface area contributed by atoms with Crippen molar-refractivity contribution in [3.05, 3.63) is 30.4 Å². The van der Waals surface area contributed by atoms with Crippen molar-refractivity contribution in [2.45, 2.75) is 44.4 Å². The zero-order chi connectivity index (χ0) is 17.8. The largest absolute Gasteiger partial charge is 0.368 e. The third kappa shape index (κ3) is 3.91. The van der Waals surface area contributed by atoms with Gasteiger partial charge in [-0.05, 0) is 44.4 Å². The smallest absolute Gasteiger partial charge is 0.252 e. The number of carbonyl (C=O) groups excluding carboxylic acids is 1. The highest BCUT2D eigenvalue weighted by atomic mass is 16.5. The third-order valence-electron chi connectivity index (χ3n) is 4.96. The number of rotatable bonds is 5. The molecule has 1 atom stereocenters. The van der Waals surface area contributed by atoms with Crippen LogP contribution in [0.5, 0.6) is 0 Å². The van der Waals surface area contributed by atoms with Crippen molar-refractivity contribution in [3.8, 4) is 11.4 Å². The molecule has 8 nitrogen and oxygen atoms in total. The van der Waals surface area contributed by atoms with Crippen LogP contribution in [0.1, 0.15) is 31.6 Å². The lowest BCUT2D eigenvalue weighted by atomic mass is 10.1. The van der Waals surface area contributed by atoms with Crippen molar-refractivity contribution in [1.82, 2.24) is 25.3 Å². The molecule has 0 aromatic carbocycles. The first kappa shape index (κ1) is 17.1. The quantitative estimate of drug-likeness (QED) is 0.864. The second kappa shape index (κ2) is 7.92. The first-order valence-corrected chi connectivity index (χ1v) is 9.16. The summed E-state index contributed by atoms with van der Waals surface area (Å²) in [5, 5.41) is 7.25. The fourth-order valence-electron chi connectivity index (χ4n) is 3.48. The Morgan fingerprint density at radius 3 is 2.81 bits per heavy atom. The van der Waals surface area contributed by atoms with Gasteiger partial charge in [0.2, 0.25) is 11.7 Å². The van der Waals surface area contributed by atoms with Crippen LogP contribution < -0.4 is 5.32 Å². The molecule has 2 saturated heterocycles. The maximum atomic E-state index is 12.4. The molecule has 0 spiro atoms. The van der Waals surface area contributed by atoms with Crippen LogP contribution in [0.2, 0.25) is 0 Å². The topological polar surface area (TPSA) is 93.4 Å². The van der Waals surface area contributed by atoms with Gasteiger partial charge in [-0.15, -0.1) is 0 Å². The molecule has 2 aromatic heterocycles. The Morgan fingerprint density at radius 2 is 2.08 bits per heavy atom. The van der Waals surface area contributed by atoms with E-state index in [0.717, 1.165) is 50.9 Å². The number of nitrogens with one attached hydrogen (secondary N) is 1. The molecule has 138 valence electrons. The first-order valence-electron chi connectivity index (χ1n) is 9.16. The van der Waals surface area contributed by atoms with Gasteiger partial charge in [0.1, 0.15) is 6.61 Å². The van der Waals surface area contributed by atoms with E-state index in [2.05, 4.69) is 20.4 Å². The van der Waals surface area contributed by atoms with Gasteiger partial charge in [-0.2, -0.15) is 4.98 Å². The van der Waals surface area contributed by atoms with Crippen molar-refractivity contribution in [2.75, 3.05) is 19.6 Å². The first-order chi connectivity index (χ1) is 12.8. The summed E-state index contributed by atoms with van der Waals surface area (Å²) < 4.78 is 11.2. The fraction of sp³-hybridized carbons (Fsp3) is 0.556. The number of likely N-dealkylation sites (tertiary alicyclic amines) is 1. The van der Waals surface area contributed by atoms with Crippen LogP contribution in [0.4, 0.5) is 0 Å². The molecule has 26 heavy (non-hydrogen) atoms. The summed E-state index contributed by atoms with van der Waals surface area (Å²) in [5.74, 6) is 1.24. The average molecular weight is 357 g/mol. The van der Waals surface area contributed by atoms with Crippen LogP contribution in [0, 0.1) is 0 Å². The van der Waals surface area contributed by atoms with E-state index in [1.807, 2.05) is 17.0 Å². The number of pyridine rings is 1. The molecule has 8 heteroatoms. The van der Waals surface area contributed by atoms with E-state index < -0.39 is 0 Å². The SMILES string of the molecule is O=C(C1CCCN1)N1CCC(OCc2nc(-c3ccncc3)no2)CC1. The van der Waals surface area contributed by atoms with Crippen LogP contribution in [0.15, 0.2) is 29.0 Å². The monoisotopic (exact) mass is 357 g/mol. The van der Waals surface area contributed by atoms with E-state index in [4.69, 9.17) is 9.26 Å². The maximum absolute atomic E-state index is 12.4. The number of nitrogens with zero attached hydrogens (tertiary/aromatic N) is 4. The molecule has 4 heterocycles. The number of ether oxygens (including phenoxy) is 1. The number of hydrogen-bond donors (Lipinski definition) is 1. The van der Waals surface area contributed by atoms with Crippen molar-refractivity contribution in [2.24, 2.45) is 0 Å². The van der Waals surface area contributed by atoms with Crippen LogP contribution in [0.25, 0.3) is 11.4 Å². The molecular weight excluding hydrogens is 334 g/mol. The molecular formula is C18H23N5O3. The van der Waals surface area contributed by atoms with Gasteiger partial charge in [-0.3, -0.25) is 9.78 Å². The van der Waals surface area contributed by atoms with Crippen molar-refractivity contribution < 1.29 is 14.1 Å². The van der Waals surface area contributed by atoms with Crippen molar-refractivity contribution in [1.29, 1.82) is 0 Å². The van der Waals surface area contributed by atoms with E-state index in [0.29, 0.717) is 18.3 Å². The normalized spacial score (nSPS) is 21.2. The molecule has 1 amide bonds. The Hall–Kier alpha value is -2.32. The molecule has 2 aliphatic rings. The second-order valence-corrected chi connectivity index (χ2v) is 6.73. The second-order valence-electron chi connectivity index (χ2n) is 6.73. The van der Waals surface area contributed by atoms with E-state index in [-0.39, 0.29) is 18.1 Å². The Morgan fingerprint density at radius 1 is 1.27 bits per heavy atom. The predicted molar refractivity (Wildman–Crippen MR) is 92.9 cm³/mol. The molecule has 2 aliphatic heterocycles. The van der Waals surface area contributed by atoms with Crippen LogP contribution in [0.3, 0.4) is 0 Å². The zero-order valence-corrected chi connectivity index (χ0v) is 14.6. The lowest BCUT2D eigenvalue weighted by molar-refractivity contribution is -0.136. The molecule has 0 bridgehead atoms. The van der Waals surface area contributed by atoms with Gasteiger partial charge in [-0.25, -0.2) is 0 Å². The molecule has 1 N–H and O–H groups in total. The van der Waals surface area contributed by atoms with Crippen molar-refractivity contribution >= 4 is 5.91 Å². The standard InChI is InChI=1S/C18H23N5O3/c24-18(15-2-1-7-20-15)23-10-5-14(6-11-23)25-12-16-21-17(22-26-16)13-3-8-19-9-4-13/h3-4,8-9,14-15,20H,1-2,5-7,10-12H2. The number of aromatic nitrogens is 3. The summed E-state index contributed by atoms with van der Waals surface area (Å²) in [4.78, 5) is 22.7. The number of carbonyl (C=O) groups is 1. The molecule has 0 aliphatic carbocycles. The summed E-state index contributed by atoms with van der Waals surface area (Å²) in [7, 11) is 0. The number of amides is 1. The Balaban J connectivity index is 1.24. The highest BCUT2D eigenvalue weighted by molar-refractivity contribution is 5.82. The fourth-order valence-corrected chi connectivity index (χ4v) is 3.48. The molecule has 2 fully saturated rings. The molecule has 0 radical (unpaired) electrons. The van der Waals surface area contributed by atoms with Gasteiger partial charge >= 0.3 is 0 Å². The van der Waals surface area contributed by atoms with Crippen LogP contribution in [-0.4, -0.2) is 57.7 Å². The molecule has 4 rings (SSSR count). The minimum Gasteiger partial charge on any atom is -0.368 e. The van der Waals surface area contributed by atoms with E-state index in [1.54, 1.807) is 12.4 Å². The number of piperidine rings is 1. The summed E-state index contributed by atoms with van der Waals surface area (Å²) in [6.45, 7) is 2.73. The summed E-state index contributed by atoms with van der Waals surface area (Å²) in [6.07, 6.45) is 7.21. The molecule has 1 unspecified atom stereocenters. The predicted octanol–water partition coefficient (Wildman–Crippen LogP) is 1.39. The maximum Gasteiger partial charge on any atom is 0.252 e. The van der Waals surface area contributed by atoms with Crippen LogP contribution >= 0.6 is 0 Å². The Labute approximate surface area is 151 Å². The van der Waals surface area contributed by atoms with Gasteiger partial charge in [0.25, 0.3) is 5.89 Å². The van der Waals surface area contributed by atoms with Gasteiger partial charge in [0.05, 0.1) is 12.1 Å². The molecule has 0 saturated carbocycles. The average Bonchev–Trinajstić information content (AvgIpc) is 3.39. The van der Waals surface area contributed by atoms with Gasteiger partial charge < -0.3 is 19.5 Å². The Bertz CT molecular complexity index is 721. The lowest BCUT2D eigenvalue weighted by Gasteiger charge is -2.33. The summed E-state index contributed by atoms with van der Waals surface area (Å²) >= 11 is 0. The minimum atomic E-state index is 0.0115. The highest BCUT2D eigenvalue weighted by Gasteiger charge is 2.30.